The highest BCUT2D eigenvalue weighted by molar-refractivity contribution is 6.19. The molecule has 0 aromatic heterocycles. The minimum absolute atomic E-state index is 0.136. The van der Waals surface area contributed by atoms with E-state index in [1.165, 1.54) is 4.90 Å². The molecule has 0 spiro atoms. The van der Waals surface area contributed by atoms with Gasteiger partial charge < -0.3 is 25.2 Å². The quantitative estimate of drug-likeness (QED) is 0.653. The van der Waals surface area contributed by atoms with Gasteiger partial charge in [-0.3, -0.25) is 14.4 Å². The summed E-state index contributed by atoms with van der Waals surface area (Å²) < 4.78 is 5.15. The average Bonchev–Trinajstić information content (AvgIpc) is 2.57. The molecule has 134 valence electrons. The average molecular weight is 348 g/mol. The summed E-state index contributed by atoms with van der Waals surface area (Å²) in [6, 6.07) is 5.46. The number of aliphatic hydroxyl groups is 1. The first-order valence-corrected chi connectivity index (χ1v) is 7.68. The third-order valence-electron chi connectivity index (χ3n) is 3.95. The summed E-state index contributed by atoms with van der Waals surface area (Å²) in [5.41, 5.74) is 1.42. The lowest BCUT2D eigenvalue weighted by Crippen LogP contribution is -2.43. The number of aliphatic hydroxyl groups excluding tert-OH is 1. The lowest BCUT2D eigenvalue weighted by molar-refractivity contribution is -0.138. The number of hydrogen-bond donors (Lipinski definition) is 3. The first-order valence-electron chi connectivity index (χ1n) is 7.68. The van der Waals surface area contributed by atoms with Crippen molar-refractivity contribution in [3.63, 3.8) is 0 Å². The van der Waals surface area contributed by atoms with Crippen LogP contribution in [0.5, 0.6) is 5.75 Å². The van der Waals surface area contributed by atoms with E-state index in [0.717, 1.165) is 11.1 Å². The second-order valence-electron chi connectivity index (χ2n) is 5.67. The lowest BCUT2D eigenvalue weighted by Gasteiger charge is -2.28. The number of nitrogens with zero attached hydrogens (tertiary/aromatic N) is 1. The van der Waals surface area contributed by atoms with E-state index in [4.69, 9.17) is 9.84 Å². The molecular formula is C17H20N2O6. The first kappa shape index (κ1) is 18.3. The number of aryl methyl sites for hydroxylation is 1. The maximum Gasteiger partial charge on any atom is 0.322 e. The van der Waals surface area contributed by atoms with Gasteiger partial charge in [0, 0.05) is 19.5 Å². The number of hydrogen-bond acceptors (Lipinski definition) is 5. The van der Waals surface area contributed by atoms with E-state index in [2.05, 4.69) is 5.32 Å². The van der Waals surface area contributed by atoms with Crippen LogP contribution in [-0.4, -0.2) is 53.1 Å². The molecule has 8 heteroatoms. The van der Waals surface area contributed by atoms with Gasteiger partial charge in [-0.25, -0.2) is 0 Å². The van der Waals surface area contributed by atoms with Crippen LogP contribution in [-0.2, 0) is 20.9 Å². The molecule has 0 atom stereocenters. The van der Waals surface area contributed by atoms with Crippen LogP contribution in [0.1, 0.15) is 17.5 Å². The Morgan fingerprint density at radius 2 is 2.08 bits per heavy atom. The van der Waals surface area contributed by atoms with E-state index in [-0.39, 0.29) is 25.3 Å². The molecule has 2 rings (SSSR count). The largest absolute Gasteiger partial charge is 0.511 e. The van der Waals surface area contributed by atoms with E-state index in [1.54, 1.807) is 13.2 Å². The Morgan fingerprint density at radius 1 is 1.36 bits per heavy atom. The minimum atomic E-state index is -1.23. The van der Waals surface area contributed by atoms with Gasteiger partial charge in [-0.15, -0.1) is 0 Å². The minimum Gasteiger partial charge on any atom is -0.511 e. The number of carboxylic acids is 1. The van der Waals surface area contributed by atoms with Crippen molar-refractivity contribution in [2.75, 3.05) is 20.2 Å². The van der Waals surface area contributed by atoms with Gasteiger partial charge in [-0.2, -0.15) is 0 Å². The van der Waals surface area contributed by atoms with Gasteiger partial charge >= 0.3 is 5.97 Å². The molecule has 2 amide bonds. The van der Waals surface area contributed by atoms with Crippen molar-refractivity contribution in [2.24, 2.45) is 0 Å². The second-order valence-corrected chi connectivity index (χ2v) is 5.67. The standard InChI is InChI=1S/C17H20N2O6/c1-10-7-12(25-2)4-3-11(10)9-19-6-5-13(20)15(17(19)24)16(23)18-8-14(21)22/h3-4,7,20H,5-6,8-9H2,1-2H3,(H,18,23)(H,21,22). The number of carbonyl (C=O) groups excluding carboxylic acids is 2. The molecule has 8 nitrogen and oxygen atoms in total. The van der Waals surface area contributed by atoms with Crippen molar-refractivity contribution in [1.82, 2.24) is 10.2 Å². The zero-order valence-electron chi connectivity index (χ0n) is 14.0. The van der Waals surface area contributed by atoms with Crippen LogP contribution in [0, 0.1) is 6.92 Å². The van der Waals surface area contributed by atoms with Crippen LogP contribution in [0.3, 0.4) is 0 Å². The molecule has 0 fully saturated rings. The normalized spacial score (nSPS) is 14.5. The van der Waals surface area contributed by atoms with E-state index in [9.17, 15) is 19.5 Å². The number of aliphatic carboxylic acids is 1. The molecule has 0 saturated heterocycles. The predicted molar refractivity (Wildman–Crippen MR) is 88.1 cm³/mol. The highest BCUT2D eigenvalue weighted by Gasteiger charge is 2.32. The van der Waals surface area contributed by atoms with Crippen LogP contribution in [0.2, 0.25) is 0 Å². The third kappa shape index (κ3) is 4.28. The Kier molecular flexibility index (Phi) is 5.63. The molecule has 0 aliphatic carbocycles. The molecule has 0 saturated carbocycles. The van der Waals surface area contributed by atoms with Crippen LogP contribution < -0.4 is 10.1 Å². The Morgan fingerprint density at radius 3 is 2.68 bits per heavy atom. The zero-order chi connectivity index (χ0) is 18.6. The first-order chi connectivity index (χ1) is 11.8. The summed E-state index contributed by atoms with van der Waals surface area (Å²) >= 11 is 0. The van der Waals surface area contributed by atoms with Crippen LogP contribution >= 0.6 is 0 Å². The molecule has 1 aromatic carbocycles. The number of methoxy groups -OCH3 is 1. The molecule has 1 aliphatic heterocycles. The molecule has 25 heavy (non-hydrogen) atoms. The number of carboxylic acid groups (broad SMARTS) is 1. The van der Waals surface area contributed by atoms with Crippen molar-refractivity contribution >= 4 is 17.8 Å². The second kappa shape index (κ2) is 7.69. The summed E-state index contributed by atoms with van der Waals surface area (Å²) in [7, 11) is 1.57. The van der Waals surface area contributed by atoms with E-state index in [0.29, 0.717) is 5.75 Å². The summed E-state index contributed by atoms with van der Waals surface area (Å²) in [5.74, 6) is -2.36. The van der Waals surface area contributed by atoms with E-state index < -0.39 is 29.9 Å². The molecular weight excluding hydrogens is 328 g/mol. The van der Waals surface area contributed by atoms with E-state index >= 15 is 0 Å². The van der Waals surface area contributed by atoms with Crippen molar-refractivity contribution < 1.29 is 29.3 Å². The number of nitrogens with one attached hydrogen (secondary N) is 1. The van der Waals surface area contributed by atoms with Crippen LogP contribution in [0.4, 0.5) is 0 Å². The summed E-state index contributed by atoms with van der Waals surface area (Å²) in [4.78, 5) is 36.5. The maximum atomic E-state index is 12.5. The monoisotopic (exact) mass is 348 g/mol. The van der Waals surface area contributed by atoms with Gasteiger partial charge in [0.1, 0.15) is 23.6 Å². The topological polar surface area (TPSA) is 116 Å². The smallest absolute Gasteiger partial charge is 0.322 e. The van der Waals surface area contributed by atoms with Crippen LogP contribution in [0.25, 0.3) is 0 Å². The molecule has 3 N–H and O–H groups in total. The number of ether oxygens (including phenoxy) is 1. The number of amides is 2. The number of carbonyl (C=O) groups is 3. The SMILES string of the molecule is COc1ccc(CN2CCC(O)=C(C(=O)NCC(=O)O)C2=O)c(C)c1. The maximum absolute atomic E-state index is 12.5. The van der Waals surface area contributed by atoms with Gasteiger partial charge in [0.2, 0.25) is 0 Å². The fraction of sp³-hybridized carbons (Fsp3) is 0.353. The number of benzene rings is 1. The summed E-state index contributed by atoms with van der Waals surface area (Å²) in [5, 5.41) is 20.6. The Balaban J connectivity index is 2.15. The van der Waals surface area contributed by atoms with Crippen molar-refractivity contribution in [2.45, 2.75) is 19.9 Å². The molecule has 0 bridgehead atoms. The molecule has 0 unspecified atom stereocenters. The van der Waals surface area contributed by atoms with Crippen LogP contribution in [0.15, 0.2) is 29.5 Å². The molecule has 1 heterocycles. The summed E-state index contributed by atoms with van der Waals surface area (Å²) in [6.07, 6.45) is 0.136. The molecule has 1 aromatic rings. The molecule has 0 radical (unpaired) electrons. The zero-order valence-corrected chi connectivity index (χ0v) is 14.0. The highest BCUT2D eigenvalue weighted by atomic mass is 16.5. The fourth-order valence-corrected chi connectivity index (χ4v) is 2.55. The Labute approximate surface area is 144 Å². The Bertz CT molecular complexity index is 741. The van der Waals surface area contributed by atoms with Crippen molar-refractivity contribution in [3.05, 3.63) is 40.7 Å². The van der Waals surface area contributed by atoms with Gasteiger partial charge in [0.15, 0.2) is 0 Å². The van der Waals surface area contributed by atoms with Gasteiger partial charge in [-0.1, -0.05) is 6.07 Å². The van der Waals surface area contributed by atoms with Gasteiger partial charge in [-0.05, 0) is 30.2 Å². The third-order valence-corrected chi connectivity index (χ3v) is 3.95. The summed E-state index contributed by atoms with van der Waals surface area (Å²) in [6.45, 7) is 1.81. The predicted octanol–water partition coefficient (Wildman–Crippen LogP) is 0.749. The highest BCUT2D eigenvalue weighted by Crippen LogP contribution is 2.23. The van der Waals surface area contributed by atoms with Gasteiger partial charge in [0.05, 0.1) is 7.11 Å². The number of rotatable bonds is 6. The molecule has 1 aliphatic rings. The van der Waals surface area contributed by atoms with Gasteiger partial charge in [0.25, 0.3) is 11.8 Å². The fourth-order valence-electron chi connectivity index (χ4n) is 2.55. The van der Waals surface area contributed by atoms with E-state index in [1.807, 2.05) is 19.1 Å². The Hall–Kier alpha value is -3.03. The van der Waals surface area contributed by atoms with Crippen molar-refractivity contribution in [3.8, 4) is 5.75 Å². The lowest BCUT2D eigenvalue weighted by atomic mass is 10.0. The van der Waals surface area contributed by atoms with Crippen molar-refractivity contribution in [1.29, 1.82) is 0 Å².